The van der Waals surface area contributed by atoms with E-state index in [0.717, 1.165) is 41.0 Å². The fourth-order valence-electron chi connectivity index (χ4n) is 2.46. The Bertz CT molecular complexity index is 611. The molecule has 0 atom stereocenters. The molecule has 0 unspecified atom stereocenters. The molecular formula is C17H21NO3. The second kappa shape index (κ2) is 7.09. The van der Waals surface area contributed by atoms with E-state index in [2.05, 4.69) is 18.0 Å². The van der Waals surface area contributed by atoms with Gasteiger partial charge in [-0.3, -0.25) is 4.98 Å². The van der Waals surface area contributed by atoms with Crippen molar-refractivity contribution in [1.29, 1.82) is 0 Å². The van der Waals surface area contributed by atoms with E-state index in [1.54, 1.807) is 20.4 Å². The van der Waals surface area contributed by atoms with Crippen molar-refractivity contribution in [3.63, 3.8) is 0 Å². The van der Waals surface area contributed by atoms with Gasteiger partial charge in [-0.1, -0.05) is 19.4 Å². The van der Waals surface area contributed by atoms with E-state index in [-0.39, 0.29) is 6.61 Å². The third-order valence-corrected chi connectivity index (χ3v) is 3.41. The lowest BCUT2D eigenvalue weighted by molar-refractivity contribution is 0.282. The summed E-state index contributed by atoms with van der Waals surface area (Å²) in [5.74, 6) is 1.46. The molecule has 21 heavy (non-hydrogen) atoms. The number of nitrogens with zero attached hydrogens (tertiary/aromatic N) is 1. The van der Waals surface area contributed by atoms with Crippen molar-refractivity contribution in [2.45, 2.75) is 26.4 Å². The fourth-order valence-corrected chi connectivity index (χ4v) is 2.46. The lowest BCUT2D eigenvalue weighted by Crippen LogP contribution is -1.99. The Morgan fingerprint density at radius 3 is 2.57 bits per heavy atom. The average molecular weight is 287 g/mol. The van der Waals surface area contributed by atoms with Crippen LogP contribution < -0.4 is 9.47 Å². The van der Waals surface area contributed by atoms with Gasteiger partial charge in [-0.15, -0.1) is 0 Å². The smallest absolute Gasteiger partial charge is 0.163 e. The summed E-state index contributed by atoms with van der Waals surface area (Å²) in [4.78, 5) is 4.40. The van der Waals surface area contributed by atoms with Crippen molar-refractivity contribution in [2.75, 3.05) is 14.2 Å². The standard InChI is InChI=1S/C17H21NO3/c1-4-6-12-9-14(10-15(20-2)17(12)21-3)16-13(11-19)7-5-8-18-16/h5,7-10,19H,4,6,11H2,1-3H3. The number of aryl methyl sites for hydroxylation is 1. The van der Waals surface area contributed by atoms with Crippen LogP contribution in [0.1, 0.15) is 24.5 Å². The second-order valence-corrected chi connectivity index (χ2v) is 4.79. The molecule has 0 saturated carbocycles. The first-order valence-corrected chi connectivity index (χ1v) is 7.05. The molecule has 1 heterocycles. The predicted molar refractivity (Wildman–Crippen MR) is 82.7 cm³/mol. The molecule has 2 rings (SSSR count). The molecule has 0 amide bonds. The summed E-state index contributed by atoms with van der Waals surface area (Å²) in [5, 5.41) is 9.48. The van der Waals surface area contributed by atoms with Crippen LogP contribution in [0.5, 0.6) is 11.5 Å². The fraction of sp³-hybridized carbons (Fsp3) is 0.353. The molecule has 0 aliphatic heterocycles. The van der Waals surface area contributed by atoms with Gasteiger partial charge in [-0.25, -0.2) is 0 Å². The van der Waals surface area contributed by atoms with Crippen molar-refractivity contribution in [3.05, 3.63) is 41.6 Å². The Balaban J connectivity index is 2.61. The highest BCUT2D eigenvalue weighted by atomic mass is 16.5. The molecule has 0 fully saturated rings. The van der Waals surface area contributed by atoms with Crippen LogP contribution in [0.25, 0.3) is 11.3 Å². The number of methoxy groups -OCH3 is 2. The molecule has 1 aromatic heterocycles. The first-order chi connectivity index (χ1) is 10.2. The molecule has 4 heteroatoms. The number of aliphatic hydroxyl groups is 1. The van der Waals surface area contributed by atoms with E-state index in [0.29, 0.717) is 5.75 Å². The molecule has 4 nitrogen and oxygen atoms in total. The zero-order chi connectivity index (χ0) is 15.2. The normalized spacial score (nSPS) is 10.5. The summed E-state index contributed by atoms with van der Waals surface area (Å²) >= 11 is 0. The topological polar surface area (TPSA) is 51.6 Å². The first kappa shape index (κ1) is 15.3. The van der Waals surface area contributed by atoms with Crippen LogP contribution in [0, 0.1) is 0 Å². The van der Waals surface area contributed by atoms with Gasteiger partial charge in [0.2, 0.25) is 0 Å². The quantitative estimate of drug-likeness (QED) is 0.886. The molecule has 0 radical (unpaired) electrons. The average Bonchev–Trinajstić information content (AvgIpc) is 2.54. The summed E-state index contributed by atoms with van der Waals surface area (Å²) in [6, 6.07) is 7.66. The van der Waals surface area contributed by atoms with Crippen molar-refractivity contribution in [1.82, 2.24) is 4.98 Å². The van der Waals surface area contributed by atoms with Crippen LogP contribution in [0.3, 0.4) is 0 Å². The maximum atomic E-state index is 9.48. The maximum absolute atomic E-state index is 9.48. The molecule has 0 spiro atoms. The van der Waals surface area contributed by atoms with Crippen molar-refractivity contribution < 1.29 is 14.6 Å². The SMILES string of the molecule is CCCc1cc(-c2ncccc2CO)cc(OC)c1OC. The van der Waals surface area contributed by atoms with Gasteiger partial charge in [0.15, 0.2) is 11.5 Å². The van der Waals surface area contributed by atoms with Crippen molar-refractivity contribution in [3.8, 4) is 22.8 Å². The Morgan fingerprint density at radius 2 is 1.95 bits per heavy atom. The molecule has 0 saturated heterocycles. The minimum absolute atomic E-state index is 0.0410. The number of rotatable bonds is 6. The Labute approximate surface area is 125 Å². The number of aromatic nitrogens is 1. The number of benzene rings is 1. The number of aliphatic hydroxyl groups excluding tert-OH is 1. The van der Waals surface area contributed by atoms with E-state index in [1.807, 2.05) is 18.2 Å². The summed E-state index contributed by atoms with van der Waals surface area (Å²) in [7, 11) is 3.28. The molecule has 0 aliphatic carbocycles. The van der Waals surface area contributed by atoms with Crippen LogP contribution in [0.4, 0.5) is 0 Å². The molecular weight excluding hydrogens is 266 g/mol. The first-order valence-electron chi connectivity index (χ1n) is 7.05. The minimum atomic E-state index is -0.0410. The highest BCUT2D eigenvalue weighted by Gasteiger charge is 2.15. The van der Waals surface area contributed by atoms with E-state index in [1.165, 1.54) is 0 Å². The van der Waals surface area contributed by atoms with Gasteiger partial charge in [-0.05, 0) is 30.2 Å². The zero-order valence-electron chi connectivity index (χ0n) is 12.7. The highest BCUT2D eigenvalue weighted by Crippen LogP contribution is 2.37. The van der Waals surface area contributed by atoms with Gasteiger partial charge >= 0.3 is 0 Å². The summed E-state index contributed by atoms with van der Waals surface area (Å²) in [5.41, 5.74) is 3.59. The van der Waals surface area contributed by atoms with Crippen LogP contribution in [-0.2, 0) is 13.0 Å². The van der Waals surface area contributed by atoms with E-state index < -0.39 is 0 Å². The Morgan fingerprint density at radius 1 is 1.14 bits per heavy atom. The van der Waals surface area contributed by atoms with Crippen molar-refractivity contribution in [2.24, 2.45) is 0 Å². The van der Waals surface area contributed by atoms with Gasteiger partial charge < -0.3 is 14.6 Å². The monoisotopic (exact) mass is 287 g/mol. The van der Waals surface area contributed by atoms with Crippen LogP contribution in [0.15, 0.2) is 30.5 Å². The third kappa shape index (κ3) is 3.16. The predicted octanol–water partition coefficient (Wildman–Crippen LogP) is 3.21. The molecule has 2 aromatic rings. The largest absolute Gasteiger partial charge is 0.493 e. The van der Waals surface area contributed by atoms with Gasteiger partial charge in [-0.2, -0.15) is 0 Å². The van der Waals surface area contributed by atoms with Gasteiger partial charge in [0.1, 0.15) is 0 Å². The van der Waals surface area contributed by atoms with Crippen molar-refractivity contribution >= 4 is 0 Å². The Kier molecular flexibility index (Phi) is 5.17. The number of ether oxygens (including phenoxy) is 2. The van der Waals surface area contributed by atoms with E-state index in [9.17, 15) is 5.11 Å². The van der Waals surface area contributed by atoms with Crippen LogP contribution in [0.2, 0.25) is 0 Å². The third-order valence-electron chi connectivity index (χ3n) is 3.41. The number of hydrogen-bond acceptors (Lipinski definition) is 4. The lowest BCUT2D eigenvalue weighted by Gasteiger charge is -2.15. The van der Waals surface area contributed by atoms with Gasteiger partial charge in [0, 0.05) is 17.3 Å². The maximum Gasteiger partial charge on any atom is 0.163 e. The molecule has 112 valence electrons. The van der Waals surface area contributed by atoms with Crippen LogP contribution >= 0.6 is 0 Å². The molecule has 1 N–H and O–H groups in total. The molecule has 1 aromatic carbocycles. The van der Waals surface area contributed by atoms with E-state index >= 15 is 0 Å². The van der Waals surface area contributed by atoms with Crippen LogP contribution in [-0.4, -0.2) is 24.3 Å². The number of hydrogen-bond donors (Lipinski definition) is 1. The minimum Gasteiger partial charge on any atom is -0.493 e. The summed E-state index contributed by atoms with van der Waals surface area (Å²) in [6.07, 6.45) is 3.64. The van der Waals surface area contributed by atoms with Gasteiger partial charge in [0.25, 0.3) is 0 Å². The lowest BCUT2D eigenvalue weighted by atomic mass is 10.00. The Hall–Kier alpha value is -2.07. The highest BCUT2D eigenvalue weighted by molar-refractivity contribution is 5.69. The number of pyridine rings is 1. The van der Waals surface area contributed by atoms with E-state index in [4.69, 9.17) is 9.47 Å². The molecule has 0 bridgehead atoms. The second-order valence-electron chi connectivity index (χ2n) is 4.79. The summed E-state index contributed by atoms with van der Waals surface area (Å²) in [6.45, 7) is 2.08. The summed E-state index contributed by atoms with van der Waals surface area (Å²) < 4.78 is 10.9. The zero-order valence-corrected chi connectivity index (χ0v) is 12.7. The molecule has 0 aliphatic rings. The van der Waals surface area contributed by atoms with Gasteiger partial charge in [0.05, 0.1) is 26.5 Å².